The molecule has 0 unspecified atom stereocenters. The summed E-state index contributed by atoms with van der Waals surface area (Å²) in [5, 5.41) is 0.218. The summed E-state index contributed by atoms with van der Waals surface area (Å²) in [7, 11) is 0. The number of hydrogen-bond donors (Lipinski definition) is 1. The number of nitrogen functional groups attached to an aromatic ring is 1. The molecule has 6 heteroatoms. The van der Waals surface area contributed by atoms with Gasteiger partial charge in [0.15, 0.2) is 5.13 Å². The second-order valence-electron chi connectivity index (χ2n) is 3.20. The normalized spacial score (nSPS) is 10.8. The average Bonchev–Trinajstić information content (AvgIpc) is 2.43. The van der Waals surface area contributed by atoms with E-state index in [4.69, 9.17) is 5.73 Å². The van der Waals surface area contributed by atoms with Crippen molar-refractivity contribution in [2.75, 3.05) is 5.73 Å². The fourth-order valence-electron chi connectivity index (χ4n) is 1.42. The predicted molar refractivity (Wildman–Crippen MR) is 56.6 cm³/mol. The third kappa shape index (κ3) is 1.76. The van der Waals surface area contributed by atoms with Crippen molar-refractivity contribution in [2.24, 2.45) is 0 Å². The van der Waals surface area contributed by atoms with Crippen LogP contribution in [0.5, 0.6) is 0 Å². The van der Waals surface area contributed by atoms with E-state index in [1.165, 1.54) is 0 Å². The van der Waals surface area contributed by atoms with E-state index in [9.17, 15) is 13.2 Å². The van der Waals surface area contributed by atoms with Gasteiger partial charge < -0.3 is 5.73 Å². The maximum atomic E-state index is 13.4. The highest BCUT2D eigenvalue weighted by atomic mass is 32.1. The van der Waals surface area contributed by atoms with Gasteiger partial charge in [0.05, 0.1) is 11.3 Å². The van der Waals surface area contributed by atoms with Crippen LogP contribution in [0.15, 0.2) is 12.1 Å². The first-order valence-electron chi connectivity index (χ1n) is 4.37. The Kier molecular flexibility index (Phi) is 2.59. The van der Waals surface area contributed by atoms with Crippen molar-refractivity contribution in [1.82, 2.24) is 4.98 Å². The molecular formula is C10H7F3N2S. The highest BCUT2D eigenvalue weighted by molar-refractivity contribution is 7.15. The largest absolute Gasteiger partial charge is 0.375 e. The molecule has 2 N–H and O–H groups in total. The second kappa shape index (κ2) is 3.79. The summed E-state index contributed by atoms with van der Waals surface area (Å²) in [5.41, 5.74) is 5.22. The molecule has 0 saturated heterocycles. The van der Waals surface area contributed by atoms with E-state index in [-0.39, 0.29) is 16.4 Å². The molecule has 0 bridgehead atoms. The highest BCUT2D eigenvalue weighted by Crippen LogP contribution is 2.32. The molecule has 0 saturated carbocycles. The molecule has 84 valence electrons. The van der Waals surface area contributed by atoms with Gasteiger partial charge in [-0.1, -0.05) is 0 Å². The van der Waals surface area contributed by atoms with Crippen molar-refractivity contribution in [2.45, 2.75) is 6.92 Å². The Balaban J connectivity index is 2.69. The minimum atomic E-state index is -0.981. The van der Waals surface area contributed by atoms with Gasteiger partial charge in [-0.3, -0.25) is 0 Å². The van der Waals surface area contributed by atoms with Crippen LogP contribution in [0.3, 0.4) is 0 Å². The zero-order valence-corrected chi connectivity index (χ0v) is 9.04. The number of anilines is 1. The van der Waals surface area contributed by atoms with Gasteiger partial charge in [-0.05, 0) is 6.92 Å². The van der Waals surface area contributed by atoms with Crippen LogP contribution < -0.4 is 5.73 Å². The summed E-state index contributed by atoms with van der Waals surface area (Å²) < 4.78 is 39.6. The first kappa shape index (κ1) is 10.9. The molecule has 16 heavy (non-hydrogen) atoms. The van der Waals surface area contributed by atoms with E-state index < -0.39 is 17.5 Å². The zero-order chi connectivity index (χ0) is 11.9. The van der Waals surface area contributed by atoms with E-state index in [0.717, 1.165) is 11.3 Å². The number of nitrogens with zero attached hydrogens (tertiary/aromatic N) is 1. The summed E-state index contributed by atoms with van der Waals surface area (Å²) >= 11 is 1.13. The van der Waals surface area contributed by atoms with Gasteiger partial charge in [-0.25, -0.2) is 18.2 Å². The van der Waals surface area contributed by atoms with Gasteiger partial charge in [-0.2, -0.15) is 0 Å². The third-order valence-corrected chi connectivity index (χ3v) is 2.86. The van der Waals surface area contributed by atoms with E-state index >= 15 is 0 Å². The van der Waals surface area contributed by atoms with Gasteiger partial charge >= 0.3 is 0 Å². The van der Waals surface area contributed by atoms with E-state index in [2.05, 4.69) is 4.98 Å². The van der Waals surface area contributed by atoms with Gasteiger partial charge in [0.2, 0.25) is 0 Å². The Hall–Kier alpha value is -1.56. The first-order chi connectivity index (χ1) is 7.49. The standard InChI is InChI=1S/C10H7F3N2S/c1-4-9(15-10(14)16-4)8-6(12)2-5(11)3-7(8)13/h2-3H,1H3,(H2,14,15). The average molecular weight is 244 g/mol. The smallest absolute Gasteiger partial charge is 0.180 e. The van der Waals surface area contributed by atoms with Crippen LogP contribution >= 0.6 is 11.3 Å². The van der Waals surface area contributed by atoms with Crippen LogP contribution in [0.1, 0.15) is 4.88 Å². The Morgan fingerprint density at radius 3 is 2.19 bits per heavy atom. The van der Waals surface area contributed by atoms with Gasteiger partial charge in [0.1, 0.15) is 17.5 Å². The minimum Gasteiger partial charge on any atom is -0.375 e. The number of aryl methyl sites for hydroxylation is 1. The van der Waals surface area contributed by atoms with Crippen molar-refractivity contribution in [3.63, 3.8) is 0 Å². The van der Waals surface area contributed by atoms with E-state index in [1.807, 2.05) is 0 Å². The fraction of sp³-hybridized carbons (Fsp3) is 0.100. The monoisotopic (exact) mass is 244 g/mol. The number of nitrogens with two attached hydrogens (primary N) is 1. The molecule has 2 nitrogen and oxygen atoms in total. The molecular weight excluding hydrogens is 237 g/mol. The number of aromatic nitrogens is 1. The summed E-state index contributed by atoms with van der Waals surface area (Å²) in [4.78, 5) is 4.41. The zero-order valence-electron chi connectivity index (χ0n) is 8.22. The van der Waals surface area contributed by atoms with Crippen LogP contribution in [0, 0.1) is 24.4 Å². The SMILES string of the molecule is Cc1sc(N)nc1-c1c(F)cc(F)cc1F. The number of thiazole rings is 1. The number of benzene rings is 1. The lowest BCUT2D eigenvalue weighted by molar-refractivity contribution is 0.547. The van der Waals surface area contributed by atoms with Gasteiger partial charge in [-0.15, -0.1) is 11.3 Å². The van der Waals surface area contributed by atoms with Crippen molar-refractivity contribution in [1.29, 1.82) is 0 Å². The Labute approximate surface area is 93.5 Å². The first-order valence-corrected chi connectivity index (χ1v) is 5.18. The topological polar surface area (TPSA) is 38.9 Å². The highest BCUT2D eigenvalue weighted by Gasteiger charge is 2.18. The Morgan fingerprint density at radius 2 is 1.75 bits per heavy atom. The minimum absolute atomic E-state index is 0.123. The van der Waals surface area contributed by atoms with Crippen LogP contribution in [-0.4, -0.2) is 4.98 Å². The molecule has 0 aliphatic heterocycles. The molecule has 2 aromatic rings. The fourth-order valence-corrected chi connectivity index (χ4v) is 2.11. The van der Waals surface area contributed by atoms with E-state index in [0.29, 0.717) is 17.0 Å². The quantitative estimate of drug-likeness (QED) is 0.837. The molecule has 0 aliphatic rings. The Bertz CT molecular complexity index is 528. The number of halogens is 3. The maximum Gasteiger partial charge on any atom is 0.180 e. The van der Waals surface area contributed by atoms with Crippen LogP contribution in [0.4, 0.5) is 18.3 Å². The molecule has 2 rings (SSSR count). The molecule has 0 fully saturated rings. The summed E-state index contributed by atoms with van der Waals surface area (Å²) in [6, 6.07) is 1.24. The van der Waals surface area contributed by atoms with Gasteiger partial charge in [0, 0.05) is 17.0 Å². The van der Waals surface area contributed by atoms with Crippen molar-refractivity contribution in [3.8, 4) is 11.3 Å². The molecule has 0 spiro atoms. The molecule has 1 aromatic carbocycles. The summed E-state index contributed by atoms with van der Waals surface area (Å²) in [5.74, 6) is -2.92. The van der Waals surface area contributed by atoms with Crippen LogP contribution in [0.25, 0.3) is 11.3 Å². The predicted octanol–water partition coefficient (Wildman–Crippen LogP) is 3.12. The number of rotatable bonds is 1. The van der Waals surface area contributed by atoms with Crippen molar-refractivity contribution in [3.05, 3.63) is 34.5 Å². The second-order valence-corrected chi connectivity index (χ2v) is 4.44. The number of hydrogen-bond acceptors (Lipinski definition) is 3. The van der Waals surface area contributed by atoms with E-state index in [1.54, 1.807) is 6.92 Å². The molecule has 1 heterocycles. The van der Waals surface area contributed by atoms with Crippen LogP contribution in [-0.2, 0) is 0 Å². The lowest BCUT2D eigenvalue weighted by Gasteiger charge is -2.03. The lowest BCUT2D eigenvalue weighted by atomic mass is 10.1. The van der Waals surface area contributed by atoms with Crippen molar-refractivity contribution < 1.29 is 13.2 Å². The summed E-state index contributed by atoms with van der Waals surface area (Å²) in [6.07, 6.45) is 0. The lowest BCUT2D eigenvalue weighted by Crippen LogP contribution is -1.94. The van der Waals surface area contributed by atoms with Gasteiger partial charge in [0.25, 0.3) is 0 Å². The maximum absolute atomic E-state index is 13.4. The molecule has 1 aromatic heterocycles. The Morgan fingerprint density at radius 1 is 1.19 bits per heavy atom. The van der Waals surface area contributed by atoms with Crippen LogP contribution in [0.2, 0.25) is 0 Å². The molecule has 0 amide bonds. The molecule has 0 radical (unpaired) electrons. The molecule has 0 aliphatic carbocycles. The van der Waals surface area contributed by atoms with Crippen molar-refractivity contribution >= 4 is 16.5 Å². The third-order valence-electron chi connectivity index (χ3n) is 2.06. The summed E-state index contributed by atoms with van der Waals surface area (Å²) in [6.45, 7) is 1.64. The molecule has 0 atom stereocenters.